The molecule has 0 aromatic heterocycles. The van der Waals surface area contributed by atoms with Crippen LogP contribution < -0.4 is 0 Å². The van der Waals surface area contributed by atoms with Crippen LogP contribution in [-0.2, 0) is 4.74 Å². The summed E-state index contributed by atoms with van der Waals surface area (Å²) in [6.45, 7) is 4.49. The van der Waals surface area contributed by atoms with Crippen LogP contribution in [0.15, 0.2) is 0 Å². The number of methoxy groups -OCH3 is 1. The van der Waals surface area contributed by atoms with E-state index in [1.165, 1.54) is 19.3 Å². The minimum absolute atomic E-state index is 0.522. The van der Waals surface area contributed by atoms with Crippen molar-refractivity contribution in [1.29, 1.82) is 0 Å². The average molecular weight is 142 g/mol. The Kier molecular flexibility index (Phi) is 2.72. The van der Waals surface area contributed by atoms with Crippen molar-refractivity contribution in [3.05, 3.63) is 0 Å². The van der Waals surface area contributed by atoms with Crippen LogP contribution in [0.25, 0.3) is 0 Å². The van der Waals surface area contributed by atoms with E-state index in [4.69, 9.17) is 4.74 Å². The molecule has 0 spiro atoms. The third-order valence-corrected chi connectivity index (χ3v) is 2.54. The van der Waals surface area contributed by atoms with Gasteiger partial charge in [-0.25, -0.2) is 0 Å². The van der Waals surface area contributed by atoms with Gasteiger partial charge in [-0.15, -0.1) is 0 Å². The maximum atomic E-state index is 5.42. The smallest absolute Gasteiger partial charge is 0.0622 e. The lowest BCUT2D eigenvalue weighted by atomic mass is 9.77. The molecule has 60 valence electrons. The Bertz CT molecular complexity index is 94.9. The van der Waals surface area contributed by atoms with Crippen LogP contribution in [0.4, 0.5) is 0 Å². The summed E-state index contributed by atoms with van der Waals surface area (Å²) in [5.74, 6) is 1.56. The van der Waals surface area contributed by atoms with Gasteiger partial charge in [0, 0.05) is 7.11 Å². The van der Waals surface area contributed by atoms with Gasteiger partial charge in [-0.05, 0) is 24.7 Å². The summed E-state index contributed by atoms with van der Waals surface area (Å²) in [6.07, 6.45) is 4.71. The quantitative estimate of drug-likeness (QED) is 0.588. The maximum absolute atomic E-state index is 5.42. The van der Waals surface area contributed by atoms with Gasteiger partial charge in [0.25, 0.3) is 0 Å². The molecule has 0 aromatic carbocycles. The zero-order valence-electron chi connectivity index (χ0n) is 7.26. The Morgan fingerprint density at radius 3 is 2.00 bits per heavy atom. The van der Waals surface area contributed by atoms with E-state index in [9.17, 15) is 0 Å². The highest BCUT2D eigenvalue weighted by Crippen LogP contribution is 2.33. The van der Waals surface area contributed by atoms with Crippen LogP contribution >= 0.6 is 0 Å². The van der Waals surface area contributed by atoms with E-state index in [-0.39, 0.29) is 0 Å². The Labute approximate surface area is 63.8 Å². The van der Waals surface area contributed by atoms with E-state index in [2.05, 4.69) is 13.8 Å². The van der Waals surface area contributed by atoms with Crippen LogP contribution in [-0.4, -0.2) is 13.2 Å². The standard InChI is InChI=1S/C9H18O/c1-7(2)9(10-3)8-5-4-6-8/h7-9H,4-6H2,1-3H3/t9-/m0/s1. The van der Waals surface area contributed by atoms with E-state index in [1.54, 1.807) is 0 Å². The highest BCUT2D eigenvalue weighted by Gasteiger charge is 2.28. The SMILES string of the molecule is CO[C@@H](C(C)C)C1CCC1. The van der Waals surface area contributed by atoms with Crippen LogP contribution in [0, 0.1) is 11.8 Å². The topological polar surface area (TPSA) is 9.23 Å². The molecule has 0 N–H and O–H groups in total. The average Bonchev–Trinajstić information content (AvgIpc) is 1.76. The summed E-state index contributed by atoms with van der Waals surface area (Å²) in [4.78, 5) is 0. The molecule has 0 saturated heterocycles. The predicted molar refractivity (Wildman–Crippen MR) is 43.0 cm³/mol. The van der Waals surface area contributed by atoms with E-state index in [0.717, 1.165) is 5.92 Å². The van der Waals surface area contributed by atoms with E-state index in [0.29, 0.717) is 12.0 Å². The highest BCUT2D eigenvalue weighted by atomic mass is 16.5. The highest BCUT2D eigenvalue weighted by molar-refractivity contribution is 4.79. The molecule has 0 aromatic rings. The van der Waals surface area contributed by atoms with Gasteiger partial charge in [0.05, 0.1) is 6.10 Å². The molecule has 1 aliphatic rings. The molecule has 0 amide bonds. The Morgan fingerprint density at radius 2 is 1.90 bits per heavy atom. The van der Waals surface area contributed by atoms with Crippen molar-refractivity contribution >= 4 is 0 Å². The molecule has 10 heavy (non-hydrogen) atoms. The molecule has 1 fully saturated rings. The number of rotatable bonds is 3. The molecule has 0 aliphatic heterocycles. The van der Waals surface area contributed by atoms with E-state index < -0.39 is 0 Å². The Morgan fingerprint density at radius 1 is 1.30 bits per heavy atom. The van der Waals surface area contributed by atoms with Crippen molar-refractivity contribution in [1.82, 2.24) is 0 Å². The van der Waals surface area contributed by atoms with Crippen molar-refractivity contribution in [3.8, 4) is 0 Å². The van der Waals surface area contributed by atoms with Gasteiger partial charge < -0.3 is 4.74 Å². The zero-order chi connectivity index (χ0) is 7.56. The van der Waals surface area contributed by atoms with Crippen LogP contribution in [0.2, 0.25) is 0 Å². The molecule has 1 saturated carbocycles. The minimum Gasteiger partial charge on any atom is -0.381 e. The molecular formula is C9H18O. The first-order chi connectivity index (χ1) is 4.75. The van der Waals surface area contributed by atoms with Crippen molar-refractivity contribution in [2.75, 3.05) is 7.11 Å². The molecule has 1 nitrogen and oxygen atoms in total. The first kappa shape index (κ1) is 8.06. The van der Waals surface area contributed by atoms with Gasteiger partial charge in [0.2, 0.25) is 0 Å². The first-order valence-corrected chi connectivity index (χ1v) is 4.28. The molecule has 0 bridgehead atoms. The van der Waals surface area contributed by atoms with Gasteiger partial charge in [-0.1, -0.05) is 20.3 Å². The Hall–Kier alpha value is -0.0400. The molecule has 1 rings (SSSR count). The summed E-state index contributed by atoms with van der Waals surface area (Å²) in [6, 6.07) is 0. The lowest BCUT2D eigenvalue weighted by Gasteiger charge is -2.35. The number of hydrogen-bond acceptors (Lipinski definition) is 1. The number of ether oxygens (including phenoxy) is 1. The molecule has 0 radical (unpaired) electrons. The monoisotopic (exact) mass is 142 g/mol. The van der Waals surface area contributed by atoms with Gasteiger partial charge in [0.1, 0.15) is 0 Å². The first-order valence-electron chi connectivity index (χ1n) is 4.28. The second kappa shape index (κ2) is 3.38. The van der Waals surface area contributed by atoms with Crippen LogP contribution in [0.3, 0.4) is 0 Å². The zero-order valence-corrected chi connectivity index (χ0v) is 7.26. The fourth-order valence-electron chi connectivity index (χ4n) is 1.78. The second-order valence-corrected chi connectivity index (χ2v) is 3.64. The van der Waals surface area contributed by atoms with Gasteiger partial charge >= 0.3 is 0 Å². The van der Waals surface area contributed by atoms with Crippen LogP contribution in [0.1, 0.15) is 33.1 Å². The van der Waals surface area contributed by atoms with E-state index in [1.807, 2.05) is 7.11 Å². The summed E-state index contributed by atoms with van der Waals surface area (Å²) >= 11 is 0. The summed E-state index contributed by atoms with van der Waals surface area (Å²) < 4.78 is 5.42. The predicted octanol–water partition coefficient (Wildman–Crippen LogP) is 2.46. The summed E-state index contributed by atoms with van der Waals surface area (Å²) in [5, 5.41) is 0. The second-order valence-electron chi connectivity index (χ2n) is 3.64. The molecule has 0 unspecified atom stereocenters. The fourth-order valence-corrected chi connectivity index (χ4v) is 1.78. The molecular weight excluding hydrogens is 124 g/mol. The molecule has 0 heterocycles. The normalized spacial score (nSPS) is 22.8. The van der Waals surface area contributed by atoms with Crippen molar-refractivity contribution in [2.45, 2.75) is 39.2 Å². The maximum Gasteiger partial charge on any atom is 0.0622 e. The lowest BCUT2D eigenvalue weighted by Crippen LogP contribution is -2.32. The van der Waals surface area contributed by atoms with Gasteiger partial charge in [-0.2, -0.15) is 0 Å². The van der Waals surface area contributed by atoms with Crippen LogP contribution in [0.5, 0.6) is 0 Å². The van der Waals surface area contributed by atoms with Crippen molar-refractivity contribution < 1.29 is 4.74 Å². The fraction of sp³-hybridized carbons (Fsp3) is 1.00. The molecule has 1 atom stereocenters. The largest absolute Gasteiger partial charge is 0.381 e. The number of hydrogen-bond donors (Lipinski definition) is 0. The van der Waals surface area contributed by atoms with Gasteiger partial charge in [0.15, 0.2) is 0 Å². The third-order valence-electron chi connectivity index (χ3n) is 2.54. The van der Waals surface area contributed by atoms with Crippen molar-refractivity contribution in [2.24, 2.45) is 11.8 Å². The van der Waals surface area contributed by atoms with Gasteiger partial charge in [-0.3, -0.25) is 0 Å². The molecule has 1 aliphatic carbocycles. The third kappa shape index (κ3) is 1.51. The Balaban J connectivity index is 2.31. The summed E-state index contributed by atoms with van der Waals surface area (Å²) in [7, 11) is 1.84. The lowest BCUT2D eigenvalue weighted by molar-refractivity contribution is -0.0116. The molecule has 1 heteroatoms. The summed E-state index contributed by atoms with van der Waals surface area (Å²) in [5.41, 5.74) is 0. The minimum atomic E-state index is 0.522. The van der Waals surface area contributed by atoms with E-state index >= 15 is 0 Å². The van der Waals surface area contributed by atoms with Crippen molar-refractivity contribution in [3.63, 3.8) is 0 Å².